The molecule has 2 radical (unpaired) electrons. The van der Waals surface area contributed by atoms with Crippen LogP contribution in [0.3, 0.4) is 0 Å². The predicted molar refractivity (Wildman–Crippen MR) is 28.8 cm³/mol. The van der Waals surface area contributed by atoms with E-state index in [1.54, 1.807) is 0 Å². The van der Waals surface area contributed by atoms with E-state index in [0.29, 0.717) is 37.3 Å². The van der Waals surface area contributed by atoms with E-state index in [0.717, 1.165) is 0 Å². The number of rotatable bonds is 2. The summed E-state index contributed by atoms with van der Waals surface area (Å²) in [7, 11) is 0. The minimum atomic E-state index is 0.420. The Labute approximate surface area is 88.4 Å². The van der Waals surface area contributed by atoms with Crippen LogP contribution in [-0.4, -0.2) is 98.6 Å². The first kappa shape index (κ1) is 12.9. The standard InChI is InChI=1S/5Ba. The van der Waals surface area contributed by atoms with E-state index >= 15 is 0 Å². The average molecular weight is 687 g/mol. The van der Waals surface area contributed by atoms with Gasteiger partial charge in [-0.2, -0.15) is 0 Å². The molecule has 0 amide bonds. The molecule has 0 saturated heterocycles. The van der Waals surface area contributed by atoms with E-state index < -0.39 is 0 Å². The van der Waals surface area contributed by atoms with Crippen LogP contribution in [0, 0.1) is 0 Å². The summed E-state index contributed by atoms with van der Waals surface area (Å²) in [6.45, 7) is 0. The molecule has 0 atom stereocenters. The second-order valence-electron chi connectivity index (χ2n) is 1.06. The molecular weight excluding hydrogens is 687 g/mol. The van der Waals surface area contributed by atoms with Crippen molar-refractivity contribution in [2.45, 2.75) is 0 Å². The van der Waals surface area contributed by atoms with Crippen LogP contribution in [0.15, 0.2) is 0 Å². The Hall–Kier alpha value is 7.86. The monoisotopic (exact) mass is 690 g/mol. The molecule has 0 fully saturated rings. The van der Waals surface area contributed by atoms with Crippen molar-refractivity contribution in [2.24, 2.45) is 0 Å². The van der Waals surface area contributed by atoms with Crippen LogP contribution in [0.25, 0.3) is 0 Å². The van der Waals surface area contributed by atoms with Gasteiger partial charge in [0.15, 0.2) is 0 Å². The summed E-state index contributed by atoms with van der Waals surface area (Å²) in [6, 6.07) is 0. The minimum absolute atomic E-state index is 0.420. The first-order chi connectivity index (χ1) is 2.41. The van der Waals surface area contributed by atoms with Gasteiger partial charge in [0, 0.05) is 0 Å². The molecule has 0 N–H and O–H groups in total. The fraction of sp³-hybridized carbons (Fsp3) is 0. The van der Waals surface area contributed by atoms with Crippen molar-refractivity contribution in [3.8, 4) is 0 Å². The van der Waals surface area contributed by atoms with E-state index in [2.05, 4.69) is 0 Å². The zero-order valence-electron chi connectivity index (χ0n) is 3.54. The molecule has 5 heavy (non-hydrogen) atoms. The molecule has 0 heterocycles. The van der Waals surface area contributed by atoms with Crippen molar-refractivity contribution >= 4 is 98.6 Å². The van der Waals surface area contributed by atoms with E-state index in [-0.39, 0.29) is 0 Å². The summed E-state index contributed by atoms with van der Waals surface area (Å²) in [4.78, 5) is 0. The second kappa shape index (κ2) is 11.9. The molecule has 0 bridgehead atoms. The Morgan fingerprint density at radius 2 is 1.40 bits per heavy atom. The van der Waals surface area contributed by atoms with Gasteiger partial charge in [-0.1, -0.05) is 0 Å². The molecule has 5 heteroatoms. The van der Waals surface area contributed by atoms with Gasteiger partial charge in [-0.25, -0.2) is 0 Å². The SMILES string of the molecule is [Ba][Ba][Ba][Ba][Ba]. The van der Waals surface area contributed by atoms with E-state index in [9.17, 15) is 0 Å². The van der Waals surface area contributed by atoms with Gasteiger partial charge < -0.3 is 0 Å². The van der Waals surface area contributed by atoms with Gasteiger partial charge in [0.2, 0.25) is 0 Å². The third kappa shape index (κ3) is 11.9. The van der Waals surface area contributed by atoms with Gasteiger partial charge in [0.1, 0.15) is 0 Å². The molecule has 0 unspecified atom stereocenters. The molecule has 0 rings (SSSR count). The van der Waals surface area contributed by atoms with Crippen LogP contribution in [0.4, 0.5) is 0 Å². The average Bonchev–Trinajstić information content (AvgIpc) is 1.41. The van der Waals surface area contributed by atoms with Gasteiger partial charge in [0.05, 0.1) is 0 Å². The Bertz CT molecular complexity index is 7.51. The van der Waals surface area contributed by atoms with E-state index in [1.807, 2.05) is 0 Å². The van der Waals surface area contributed by atoms with Crippen LogP contribution in [-0.2, 0) is 0 Å². The molecule has 10 valence electrons. The molecule has 0 nitrogen and oxygen atoms in total. The zero-order chi connectivity index (χ0) is 4.12. The first-order valence-electron chi connectivity index (χ1n) is 2.00. The Morgan fingerprint density at radius 3 is 1.40 bits per heavy atom. The Balaban J connectivity index is 2.19. The molecule has 0 aromatic rings. The second-order valence-corrected chi connectivity index (χ2v) is 409. The topological polar surface area (TPSA) is 0 Å². The molecular formula is Ba5. The molecule has 0 aliphatic heterocycles. The third-order valence-electron chi connectivity index (χ3n) is 0.500. The summed E-state index contributed by atoms with van der Waals surface area (Å²) in [5.74, 6) is 0. The molecule has 0 aromatic heterocycles. The first-order valence-corrected chi connectivity index (χ1v) is 106. The quantitative estimate of drug-likeness (QED) is 0.298. The third-order valence-corrected chi connectivity index (χ3v) is 1400. The number of hydrogen-bond acceptors (Lipinski definition) is 0. The number of hydrogen-bond donors (Lipinski definition) is 0. The van der Waals surface area contributed by atoms with Crippen molar-refractivity contribution < 1.29 is 0 Å². The summed E-state index contributed by atoms with van der Waals surface area (Å²) in [5, 5.41) is 0. The van der Waals surface area contributed by atoms with Gasteiger partial charge in [-0.05, 0) is 0 Å². The predicted octanol–water partition coefficient (Wildman–Crippen LogP) is -1.90. The van der Waals surface area contributed by atoms with Crippen LogP contribution in [0.1, 0.15) is 0 Å². The van der Waals surface area contributed by atoms with E-state index in [4.69, 9.17) is 0 Å². The van der Waals surface area contributed by atoms with Crippen molar-refractivity contribution in [3.63, 3.8) is 0 Å². The summed E-state index contributed by atoms with van der Waals surface area (Å²) >= 11 is 4.28. The molecule has 0 aliphatic carbocycles. The summed E-state index contributed by atoms with van der Waals surface area (Å²) < 4.78 is 0. The van der Waals surface area contributed by atoms with Gasteiger partial charge in [-0.15, -0.1) is 0 Å². The zero-order valence-corrected chi connectivity index (χ0v) is 25.7. The van der Waals surface area contributed by atoms with Gasteiger partial charge >= 0.3 is 98.6 Å². The molecule has 0 saturated carbocycles. The molecule has 0 aromatic carbocycles. The normalized spacial score (nSPS) is 2.80. The van der Waals surface area contributed by atoms with Crippen LogP contribution >= 0.6 is 0 Å². The van der Waals surface area contributed by atoms with Gasteiger partial charge in [-0.3, -0.25) is 0 Å². The van der Waals surface area contributed by atoms with Crippen molar-refractivity contribution in [3.05, 3.63) is 0 Å². The van der Waals surface area contributed by atoms with Crippen LogP contribution < -0.4 is 0 Å². The fourth-order valence-electron chi connectivity index (χ4n) is 0.177. The molecule has 0 spiro atoms. The van der Waals surface area contributed by atoms with Crippen molar-refractivity contribution in [2.75, 3.05) is 0 Å². The van der Waals surface area contributed by atoms with Crippen LogP contribution in [0.5, 0.6) is 0 Å². The van der Waals surface area contributed by atoms with Crippen molar-refractivity contribution in [1.29, 1.82) is 0 Å². The Morgan fingerprint density at radius 1 is 1.00 bits per heavy atom. The fourth-order valence-corrected chi connectivity index (χ4v) is 3620. The Kier molecular flexibility index (Phi) is 30.5. The maximum atomic E-state index is 1.48. The maximum absolute atomic E-state index is 1.48. The summed E-state index contributed by atoms with van der Waals surface area (Å²) in [5.41, 5.74) is 0. The van der Waals surface area contributed by atoms with Crippen LogP contribution in [0.2, 0.25) is 0 Å². The van der Waals surface area contributed by atoms with E-state index in [1.165, 1.54) is 61.3 Å². The van der Waals surface area contributed by atoms with Gasteiger partial charge in [0.25, 0.3) is 0 Å². The van der Waals surface area contributed by atoms with Crippen molar-refractivity contribution in [1.82, 2.24) is 0 Å². The molecule has 0 aliphatic rings. The summed E-state index contributed by atoms with van der Waals surface area (Å²) in [6.07, 6.45) is 0.